The zero-order chi connectivity index (χ0) is 59.0. The van der Waals surface area contributed by atoms with Gasteiger partial charge in [0.1, 0.15) is 122 Å². The van der Waals surface area contributed by atoms with Gasteiger partial charge in [0.15, 0.2) is 37.7 Å². The number of unbranched alkanes of at least 4 members (excludes halogenated alkanes) is 4. The Hall–Kier alpha value is -1.65. The van der Waals surface area contributed by atoms with Crippen LogP contribution in [0.25, 0.3) is 0 Å². The fourth-order valence-electron chi connectivity index (χ4n) is 10.6. The highest BCUT2D eigenvalue weighted by molar-refractivity contribution is 5.67. The average molecular weight is 1170 g/mol. The molecule has 0 aromatic carbocycles. The molecular formula is C50H88O30. The van der Waals surface area contributed by atoms with Crippen molar-refractivity contribution in [2.24, 2.45) is 0 Å². The SMILES string of the molecule is CCCC(CCCCCCCC(O)CC(=O)O)OC1OC(COC2OC(C)C(O)C(O)C2O)C(O)C(O)C1OC1OC(CO)C(O)C(O)C1OC1OC(C)C(OC2OC(C)C(O)C(OC3OC(C)C(O)C(O)C3O)C2O)C(O)C1O. The molecule has 80 heavy (non-hydrogen) atoms. The average Bonchev–Trinajstić information content (AvgIpc) is 3.54. The van der Waals surface area contributed by atoms with Crippen LogP contribution >= 0.6 is 0 Å². The van der Waals surface area contributed by atoms with E-state index in [1.54, 1.807) is 0 Å². The van der Waals surface area contributed by atoms with E-state index in [4.69, 9.17) is 61.9 Å². The fourth-order valence-corrected chi connectivity index (χ4v) is 10.6. The van der Waals surface area contributed by atoms with Crippen LogP contribution in [-0.2, 0) is 61.6 Å². The lowest BCUT2D eigenvalue weighted by molar-refractivity contribution is -0.402. The predicted octanol–water partition coefficient (Wildman–Crippen LogP) is -6.23. The number of aliphatic hydroxyl groups excluding tert-OH is 16. The maximum Gasteiger partial charge on any atom is 0.305 e. The van der Waals surface area contributed by atoms with E-state index in [-0.39, 0.29) is 6.42 Å². The van der Waals surface area contributed by atoms with Crippen molar-refractivity contribution in [2.45, 2.75) is 295 Å². The van der Waals surface area contributed by atoms with Crippen molar-refractivity contribution < 1.29 is 148 Å². The predicted molar refractivity (Wildman–Crippen MR) is 262 cm³/mol. The zero-order valence-corrected chi connectivity index (χ0v) is 45.4. The lowest BCUT2D eigenvalue weighted by Gasteiger charge is -2.50. The van der Waals surface area contributed by atoms with Crippen LogP contribution in [0.2, 0.25) is 0 Å². The van der Waals surface area contributed by atoms with Crippen LogP contribution in [0.15, 0.2) is 0 Å². The molecule has 6 aliphatic heterocycles. The highest BCUT2D eigenvalue weighted by Crippen LogP contribution is 2.37. The molecule has 0 radical (unpaired) electrons. The maximum absolute atomic E-state index is 11.9. The molecule has 0 spiro atoms. The lowest BCUT2D eigenvalue weighted by Crippen LogP contribution is -2.67. The molecule has 0 aromatic rings. The Labute approximate surface area is 462 Å². The van der Waals surface area contributed by atoms with E-state index in [9.17, 15) is 86.5 Å². The Balaban J connectivity index is 1.17. The Morgan fingerprint density at radius 1 is 0.425 bits per heavy atom. The summed E-state index contributed by atoms with van der Waals surface area (Å²) in [5.74, 6) is -1.09. The molecule has 6 heterocycles. The minimum Gasteiger partial charge on any atom is -0.481 e. The van der Waals surface area contributed by atoms with Crippen LogP contribution in [0, 0.1) is 0 Å². The molecule has 0 saturated carbocycles. The Morgan fingerprint density at radius 3 is 1.45 bits per heavy atom. The number of carboxylic acids is 1. The molecule has 30 nitrogen and oxygen atoms in total. The summed E-state index contributed by atoms with van der Waals surface area (Å²) in [5.41, 5.74) is 0. The van der Waals surface area contributed by atoms with Crippen molar-refractivity contribution in [3.63, 3.8) is 0 Å². The van der Waals surface area contributed by atoms with E-state index in [1.807, 2.05) is 6.92 Å². The standard InChI is InChI=1S/C50H88O30/c1-6-12-23(14-11-9-7-8-10-13-22(52)15-26(53)54)74-49-43(35(63)31(59)25(76-49)17-69-45-37(65)32(60)27(55)18(2)70-45)80-50-44(34(62)30(58)24(16-51)75-50)79-47-39(67)36(64)41(21(5)73-47)77-48-40(68)42(29(57)20(4)72-48)78-46-38(66)33(61)28(56)19(3)71-46/h18-25,27-52,55-68H,6-17H2,1-5H3,(H,53,54). The minimum absolute atomic E-state index is 0.330. The summed E-state index contributed by atoms with van der Waals surface area (Å²) >= 11 is 0. The first-order valence-electron chi connectivity index (χ1n) is 27.6. The number of carboxylic acid groups (broad SMARTS) is 1. The molecule has 6 aliphatic rings. The van der Waals surface area contributed by atoms with Crippen molar-refractivity contribution in [1.82, 2.24) is 0 Å². The van der Waals surface area contributed by atoms with Gasteiger partial charge in [-0.1, -0.05) is 45.4 Å². The van der Waals surface area contributed by atoms with Crippen molar-refractivity contribution in [2.75, 3.05) is 13.2 Å². The summed E-state index contributed by atoms with van der Waals surface area (Å²) in [5, 5.41) is 183. The molecule has 0 aliphatic carbocycles. The van der Waals surface area contributed by atoms with Crippen LogP contribution in [-0.4, -0.2) is 302 Å². The van der Waals surface area contributed by atoms with Crippen molar-refractivity contribution in [3.8, 4) is 0 Å². The van der Waals surface area contributed by atoms with E-state index in [1.165, 1.54) is 27.7 Å². The molecule has 6 rings (SSSR count). The molecule has 468 valence electrons. The summed E-state index contributed by atoms with van der Waals surface area (Å²) in [6.45, 7) is 5.99. The van der Waals surface area contributed by atoms with Crippen LogP contribution < -0.4 is 0 Å². The second kappa shape index (κ2) is 30.6. The Kier molecular flexibility index (Phi) is 25.8. The third-order valence-electron chi connectivity index (χ3n) is 15.6. The van der Waals surface area contributed by atoms with Gasteiger partial charge >= 0.3 is 5.97 Å². The van der Waals surface area contributed by atoms with Crippen LogP contribution in [0.1, 0.15) is 98.8 Å². The van der Waals surface area contributed by atoms with Crippen molar-refractivity contribution in [3.05, 3.63) is 0 Å². The van der Waals surface area contributed by atoms with E-state index >= 15 is 0 Å². The topological polar surface area (TPSA) is 472 Å². The third kappa shape index (κ3) is 16.4. The smallest absolute Gasteiger partial charge is 0.305 e. The summed E-state index contributed by atoms with van der Waals surface area (Å²) in [6.07, 6.45) is -46.5. The number of hydrogen-bond acceptors (Lipinski definition) is 29. The number of aliphatic carboxylic acids is 1. The van der Waals surface area contributed by atoms with Gasteiger partial charge in [0.25, 0.3) is 0 Å². The number of aliphatic hydroxyl groups is 16. The number of ether oxygens (including phenoxy) is 12. The largest absolute Gasteiger partial charge is 0.481 e. The first kappa shape index (κ1) is 67.5. The van der Waals surface area contributed by atoms with Crippen LogP contribution in [0.3, 0.4) is 0 Å². The zero-order valence-electron chi connectivity index (χ0n) is 45.4. The second-order valence-electron chi connectivity index (χ2n) is 21.9. The van der Waals surface area contributed by atoms with Gasteiger partial charge in [-0.3, -0.25) is 4.79 Å². The molecule has 32 atom stereocenters. The molecule has 0 bridgehead atoms. The third-order valence-corrected chi connectivity index (χ3v) is 15.6. The molecule has 32 unspecified atom stereocenters. The van der Waals surface area contributed by atoms with Gasteiger partial charge in [-0.25, -0.2) is 0 Å². The molecule has 30 heteroatoms. The number of hydrogen-bond donors (Lipinski definition) is 17. The Bertz CT molecular complexity index is 1830. The first-order chi connectivity index (χ1) is 37.8. The molecule has 6 fully saturated rings. The van der Waals surface area contributed by atoms with Crippen molar-refractivity contribution >= 4 is 5.97 Å². The van der Waals surface area contributed by atoms with Gasteiger partial charge in [0, 0.05) is 0 Å². The summed E-state index contributed by atoms with van der Waals surface area (Å²) in [6, 6.07) is 0. The highest BCUT2D eigenvalue weighted by Gasteiger charge is 2.57. The molecule has 6 saturated heterocycles. The van der Waals surface area contributed by atoms with Gasteiger partial charge in [0.05, 0.1) is 56.3 Å². The monoisotopic (exact) mass is 1170 g/mol. The van der Waals surface area contributed by atoms with Gasteiger partial charge in [0.2, 0.25) is 0 Å². The molecule has 17 N–H and O–H groups in total. The summed E-state index contributed by atoms with van der Waals surface area (Å²) < 4.78 is 71.1. The minimum atomic E-state index is -2.08. The molecule has 0 amide bonds. The summed E-state index contributed by atoms with van der Waals surface area (Å²) in [4.78, 5) is 10.9. The van der Waals surface area contributed by atoms with E-state index in [0.717, 1.165) is 12.8 Å². The summed E-state index contributed by atoms with van der Waals surface area (Å²) in [7, 11) is 0. The van der Waals surface area contributed by atoms with E-state index in [2.05, 4.69) is 0 Å². The van der Waals surface area contributed by atoms with Gasteiger partial charge < -0.3 is 144 Å². The van der Waals surface area contributed by atoms with Gasteiger partial charge in [-0.05, 0) is 47.0 Å². The second-order valence-corrected chi connectivity index (χ2v) is 21.9. The molecule has 0 aromatic heterocycles. The number of carbonyl (C=O) groups is 1. The molecular weight excluding hydrogens is 1080 g/mol. The van der Waals surface area contributed by atoms with Crippen LogP contribution in [0.4, 0.5) is 0 Å². The van der Waals surface area contributed by atoms with Crippen LogP contribution in [0.5, 0.6) is 0 Å². The maximum atomic E-state index is 11.9. The fraction of sp³-hybridized carbons (Fsp3) is 0.980. The van der Waals surface area contributed by atoms with Gasteiger partial charge in [-0.15, -0.1) is 0 Å². The Morgan fingerprint density at radius 2 is 0.863 bits per heavy atom. The van der Waals surface area contributed by atoms with E-state index in [0.29, 0.717) is 44.9 Å². The lowest BCUT2D eigenvalue weighted by atomic mass is 9.96. The van der Waals surface area contributed by atoms with Gasteiger partial charge in [-0.2, -0.15) is 0 Å². The normalized spacial score (nSPS) is 47.4. The highest BCUT2D eigenvalue weighted by atomic mass is 16.8. The quantitative estimate of drug-likeness (QED) is 0.0358. The number of rotatable bonds is 26. The van der Waals surface area contributed by atoms with Crippen molar-refractivity contribution in [1.29, 1.82) is 0 Å². The van der Waals surface area contributed by atoms with E-state index < -0.39 is 216 Å². The first-order valence-corrected chi connectivity index (χ1v) is 27.6.